The van der Waals surface area contributed by atoms with Crippen molar-refractivity contribution < 1.29 is 13.9 Å². The van der Waals surface area contributed by atoms with E-state index in [1.807, 2.05) is 6.92 Å². The van der Waals surface area contributed by atoms with Crippen molar-refractivity contribution in [1.29, 1.82) is 0 Å². The number of anilines is 3. The molecule has 112 valence electrons. The molecule has 4 N–H and O–H groups in total. The number of halogens is 1. The Morgan fingerprint density at radius 1 is 1.52 bits per heavy atom. The van der Waals surface area contributed by atoms with E-state index < -0.39 is 11.7 Å². The summed E-state index contributed by atoms with van der Waals surface area (Å²) >= 11 is 1.15. The van der Waals surface area contributed by atoms with Gasteiger partial charge in [0, 0.05) is 12.6 Å². The van der Waals surface area contributed by atoms with Crippen molar-refractivity contribution in [2.45, 2.75) is 6.92 Å². The van der Waals surface area contributed by atoms with E-state index in [9.17, 15) is 9.18 Å². The number of benzene rings is 1. The molecule has 0 aliphatic carbocycles. The molecular formula is C13H15FN4O2S. The number of hydrogen-bond acceptors (Lipinski definition) is 6. The number of amides is 1. The Morgan fingerprint density at radius 2 is 2.29 bits per heavy atom. The second-order valence-corrected chi connectivity index (χ2v) is 5.06. The second kappa shape index (κ2) is 6.40. The molecule has 1 amide bonds. The molecule has 6 nitrogen and oxygen atoms in total. The number of carbonyl (C=O) groups is 1. The highest BCUT2D eigenvalue weighted by Gasteiger charge is 2.17. The van der Waals surface area contributed by atoms with E-state index in [1.54, 1.807) is 0 Å². The van der Waals surface area contributed by atoms with Crippen LogP contribution in [0, 0.1) is 5.82 Å². The highest BCUT2D eigenvalue weighted by atomic mass is 32.1. The van der Waals surface area contributed by atoms with E-state index in [0.29, 0.717) is 17.4 Å². The average molecular weight is 310 g/mol. The molecule has 2 aromatic rings. The molecule has 0 fully saturated rings. The van der Waals surface area contributed by atoms with Crippen LogP contribution in [0.25, 0.3) is 0 Å². The van der Waals surface area contributed by atoms with Crippen molar-refractivity contribution in [1.82, 2.24) is 4.98 Å². The lowest BCUT2D eigenvalue weighted by molar-refractivity contribution is 0.103. The normalized spacial score (nSPS) is 10.2. The van der Waals surface area contributed by atoms with Crippen LogP contribution in [0.3, 0.4) is 0 Å². The van der Waals surface area contributed by atoms with Gasteiger partial charge in [-0.2, -0.15) is 0 Å². The smallest absolute Gasteiger partial charge is 0.269 e. The van der Waals surface area contributed by atoms with Crippen LogP contribution in [0.4, 0.5) is 21.0 Å². The van der Waals surface area contributed by atoms with Crippen LogP contribution < -0.4 is 21.1 Å². The number of carbonyl (C=O) groups excluding carboxylic acids is 1. The Labute approximate surface area is 125 Å². The third-order valence-corrected chi connectivity index (χ3v) is 3.63. The van der Waals surface area contributed by atoms with Gasteiger partial charge in [0.1, 0.15) is 22.3 Å². The minimum Gasteiger partial charge on any atom is -0.494 e. The molecule has 1 aromatic carbocycles. The molecule has 1 aromatic heterocycles. The van der Waals surface area contributed by atoms with Crippen LogP contribution in [0.5, 0.6) is 5.75 Å². The zero-order valence-electron chi connectivity index (χ0n) is 11.6. The van der Waals surface area contributed by atoms with E-state index in [2.05, 4.69) is 15.6 Å². The first kappa shape index (κ1) is 15.0. The van der Waals surface area contributed by atoms with Gasteiger partial charge in [0.15, 0.2) is 5.13 Å². The van der Waals surface area contributed by atoms with E-state index in [4.69, 9.17) is 10.5 Å². The van der Waals surface area contributed by atoms with Gasteiger partial charge in [-0.25, -0.2) is 9.37 Å². The van der Waals surface area contributed by atoms with Gasteiger partial charge < -0.3 is 21.1 Å². The Balaban J connectivity index is 2.22. The van der Waals surface area contributed by atoms with Crippen LogP contribution >= 0.6 is 11.3 Å². The Bertz CT molecular complexity index is 660. The van der Waals surface area contributed by atoms with Gasteiger partial charge in [0.05, 0.1) is 12.8 Å². The number of ether oxygens (including phenoxy) is 1. The maximum absolute atomic E-state index is 13.1. The van der Waals surface area contributed by atoms with Crippen molar-refractivity contribution in [2.75, 3.05) is 30.0 Å². The third-order valence-electron chi connectivity index (χ3n) is 2.60. The largest absolute Gasteiger partial charge is 0.494 e. The molecule has 0 saturated carbocycles. The molecule has 0 aliphatic rings. The minimum absolute atomic E-state index is 0.148. The summed E-state index contributed by atoms with van der Waals surface area (Å²) in [6.45, 7) is 2.60. The van der Waals surface area contributed by atoms with Gasteiger partial charge >= 0.3 is 0 Å². The van der Waals surface area contributed by atoms with E-state index in [0.717, 1.165) is 11.3 Å². The molecule has 0 atom stereocenters. The van der Waals surface area contributed by atoms with Crippen LogP contribution in [0.2, 0.25) is 0 Å². The fraction of sp³-hybridized carbons (Fsp3) is 0.231. The standard InChI is InChI=1S/C13H15FN4O2S/c1-3-16-13-18-11(15)10(21-13)12(19)17-8-5-4-7(14)6-9(8)20-2/h4-6H,3,15H2,1-2H3,(H,16,18)(H,17,19). The lowest BCUT2D eigenvalue weighted by atomic mass is 10.2. The molecule has 0 unspecified atom stereocenters. The first-order valence-corrected chi connectivity index (χ1v) is 7.01. The second-order valence-electron chi connectivity index (χ2n) is 4.06. The number of rotatable bonds is 5. The molecular weight excluding hydrogens is 295 g/mol. The van der Waals surface area contributed by atoms with E-state index >= 15 is 0 Å². The molecule has 1 heterocycles. The summed E-state index contributed by atoms with van der Waals surface area (Å²) in [5, 5.41) is 6.20. The van der Waals surface area contributed by atoms with Gasteiger partial charge in [-0.05, 0) is 19.1 Å². The molecule has 0 saturated heterocycles. The summed E-state index contributed by atoms with van der Waals surface area (Å²) in [6, 6.07) is 3.85. The topological polar surface area (TPSA) is 89.3 Å². The lowest BCUT2D eigenvalue weighted by Gasteiger charge is -2.09. The Kier molecular flexibility index (Phi) is 4.59. The molecule has 8 heteroatoms. The number of nitrogens with two attached hydrogens (primary N) is 1. The maximum Gasteiger partial charge on any atom is 0.269 e. The fourth-order valence-electron chi connectivity index (χ4n) is 1.67. The number of hydrogen-bond donors (Lipinski definition) is 3. The molecule has 0 aliphatic heterocycles. The van der Waals surface area contributed by atoms with Crippen LogP contribution in [-0.2, 0) is 0 Å². The zero-order chi connectivity index (χ0) is 15.4. The van der Waals surface area contributed by atoms with Crippen molar-refractivity contribution in [3.05, 3.63) is 28.9 Å². The number of nitrogens with one attached hydrogen (secondary N) is 2. The Hall–Kier alpha value is -2.35. The van der Waals surface area contributed by atoms with Gasteiger partial charge in [-0.15, -0.1) is 0 Å². The SMILES string of the molecule is CCNc1nc(N)c(C(=O)Nc2ccc(F)cc2OC)s1. The molecule has 0 spiro atoms. The molecule has 0 radical (unpaired) electrons. The van der Waals surface area contributed by atoms with Crippen molar-refractivity contribution in [3.8, 4) is 5.75 Å². The quantitative estimate of drug-likeness (QED) is 0.790. The van der Waals surface area contributed by atoms with Crippen molar-refractivity contribution in [3.63, 3.8) is 0 Å². The summed E-state index contributed by atoms with van der Waals surface area (Å²) in [7, 11) is 1.40. The third kappa shape index (κ3) is 3.40. The zero-order valence-corrected chi connectivity index (χ0v) is 12.4. The monoisotopic (exact) mass is 310 g/mol. The summed E-state index contributed by atoms with van der Waals surface area (Å²) < 4.78 is 18.1. The minimum atomic E-state index is -0.448. The predicted octanol–water partition coefficient (Wildman–Crippen LogP) is 2.56. The number of nitrogen functional groups attached to an aromatic ring is 1. The fourth-order valence-corrected chi connectivity index (χ4v) is 2.52. The Morgan fingerprint density at radius 3 is 2.95 bits per heavy atom. The van der Waals surface area contributed by atoms with Crippen molar-refractivity contribution >= 4 is 33.9 Å². The number of methoxy groups -OCH3 is 1. The van der Waals surface area contributed by atoms with Gasteiger partial charge in [-0.3, -0.25) is 4.79 Å². The number of nitrogens with zero attached hydrogens (tertiary/aromatic N) is 1. The summed E-state index contributed by atoms with van der Waals surface area (Å²) in [4.78, 5) is 16.5. The van der Waals surface area contributed by atoms with Gasteiger partial charge in [0.25, 0.3) is 5.91 Å². The summed E-state index contributed by atoms with van der Waals surface area (Å²) in [5.41, 5.74) is 6.09. The number of aromatic nitrogens is 1. The van der Waals surface area contributed by atoms with Gasteiger partial charge in [-0.1, -0.05) is 11.3 Å². The van der Waals surface area contributed by atoms with E-state index in [1.165, 1.54) is 25.3 Å². The average Bonchev–Trinajstić information content (AvgIpc) is 2.82. The molecule has 21 heavy (non-hydrogen) atoms. The summed E-state index contributed by atoms with van der Waals surface area (Å²) in [6.07, 6.45) is 0. The molecule has 2 rings (SSSR count). The van der Waals surface area contributed by atoms with Gasteiger partial charge in [0.2, 0.25) is 0 Å². The van der Waals surface area contributed by atoms with Crippen molar-refractivity contribution in [2.24, 2.45) is 0 Å². The van der Waals surface area contributed by atoms with Crippen LogP contribution in [0.15, 0.2) is 18.2 Å². The maximum atomic E-state index is 13.1. The highest BCUT2D eigenvalue weighted by Crippen LogP contribution is 2.29. The van der Waals surface area contributed by atoms with Crippen LogP contribution in [-0.4, -0.2) is 24.5 Å². The van der Waals surface area contributed by atoms with E-state index in [-0.39, 0.29) is 16.4 Å². The lowest BCUT2D eigenvalue weighted by Crippen LogP contribution is -2.13. The van der Waals surface area contributed by atoms with Crippen LogP contribution in [0.1, 0.15) is 16.6 Å². The first-order chi connectivity index (χ1) is 10.0. The highest BCUT2D eigenvalue weighted by molar-refractivity contribution is 7.18. The summed E-state index contributed by atoms with van der Waals surface area (Å²) in [5.74, 6) is -0.483. The predicted molar refractivity (Wildman–Crippen MR) is 81.6 cm³/mol. The first-order valence-electron chi connectivity index (χ1n) is 6.20. The number of thiazole rings is 1. The molecule has 0 bridgehead atoms.